The van der Waals surface area contributed by atoms with Crippen molar-refractivity contribution < 1.29 is 19.1 Å². The molecule has 8 nitrogen and oxygen atoms in total. The quantitative estimate of drug-likeness (QED) is 0.431. The lowest BCUT2D eigenvalue weighted by Crippen LogP contribution is -2.33. The third-order valence-electron chi connectivity index (χ3n) is 6.40. The van der Waals surface area contributed by atoms with Crippen molar-refractivity contribution in [3.63, 3.8) is 0 Å². The summed E-state index contributed by atoms with van der Waals surface area (Å²) < 4.78 is 11.1. The maximum atomic E-state index is 13.2. The average molecular weight is 531 g/mol. The maximum Gasteiger partial charge on any atom is 0.253 e. The predicted octanol–water partition coefficient (Wildman–Crippen LogP) is 5.07. The summed E-state index contributed by atoms with van der Waals surface area (Å²) in [5, 5.41) is 3.45. The number of halogens is 1. The summed E-state index contributed by atoms with van der Waals surface area (Å²) >= 11 is 6.17. The minimum absolute atomic E-state index is 0.0662. The summed E-state index contributed by atoms with van der Waals surface area (Å²) in [6, 6.07) is 17.8. The number of benzene rings is 3. The van der Waals surface area contributed by atoms with Crippen LogP contribution in [-0.4, -0.2) is 61.6 Å². The van der Waals surface area contributed by atoms with Gasteiger partial charge in [0.25, 0.3) is 5.91 Å². The van der Waals surface area contributed by atoms with Crippen LogP contribution in [0.15, 0.2) is 78.2 Å². The summed E-state index contributed by atoms with van der Waals surface area (Å²) in [6.45, 7) is 1.39. The molecule has 0 saturated carbocycles. The van der Waals surface area contributed by atoms with Crippen molar-refractivity contribution in [1.29, 1.82) is 0 Å². The van der Waals surface area contributed by atoms with E-state index in [1.54, 1.807) is 60.5 Å². The van der Waals surface area contributed by atoms with Crippen LogP contribution in [0, 0.1) is 0 Å². The number of hydrogen-bond donors (Lipinski definition) is 1. The first kappa shape index (κ1) is 25.5. The zero-order valence-electron chi connectivity index (χ0n) is 21.3. The van der Waals surface area contributed by atoms with E-state index >= 15 is 0 Å². The Hall–Kier alpha value is -4.14. The van der Waals surface area contributed by atoms with Crippen molar-refractivity contribution in [2.24, 2.45) is 4.99 Å². The fourth-order valence-corrected chi connectivity index (χ4v) is 4.52. The monoisotopic (exact) mass is 530 g/mol. The minimum Gasteiger partial charge on any atom is -0.458 e. The fraction of sp³-hybridized carbons (Fsp3) is 0.207. The zero-order chi connectivity index (χ0) is 26.8. The molecule has 2 amide bonds. The minimum atomic E-state index is -0.668. The van der Waals surface area contributed by atoms with Crippen LogP contribution in [0.2, 0.25) is 5.02 Å². The second kappa shape index (κ2) is 10.7. The molecule has 0 bridgehead atoms. The van der Waals surface area contributed by atoms with Crippen LogP contribution in [0.5, 0.6) is 11.5 Å². The van der Waals surface area contributed by atoms with E-state index in [4.69, 9.17) is 26.1 Å². The molecule has 1 unspecified atom stereocenters. The lowest BCUT2D eigenvalue weighted by Gasteiger charge is -2.20. The Kier molecular flexibility index (Phi) is 7.18. The molecule has 3 aromatic carbocycles. The largest absolute Gasteiger partial charge is 0.458 e. The third-order valence-corrected chi connectivity index (χ3v) is 6.63. The molecule has 38 heavy (non-hydrogen) atoms. The molecule has 2 heterocycles. The second-order valence-corrected chi connectivity index (χ2v) is 9.83. The van der Waals surface area contributed by atoms with Crippen molar-refractivity contribution in [2.45, 2.75) is 5.92 Å². The van der Waals surface area contributed by atoms with Crippen LogP contribution < -0.4 is 14.8 Å². The highest BCUT2D eigenvalue weighted by atomic mass is 35.5. The summed E-state index contributed by atoms with van der Waals surface area (Å²) in [6.07, 6.45) is 2.91. The number of rotatable bonds is 7. The molecule has 0 fully saturated rings. The first-order chi connectivity index (χ1) is 18.3. The van der Waals surface area contributed by atoms with Crippen LogP contribution in [0.4, 0.5) is 11.4 Å². The van der Waals surface area contributed by atoms with E-state index in [0.717, 1.165) is 12.1 Å². The Balaban J connectivity index is 1.51. The van der Waals surface area contributed by atoms with Gasteiger partial charge in [0.15, 0.2) is 11.5 Å². The van der Waals surface area contributed by atoms with E-state index in [-0.39, 0.29) is 11.8 Å². The Morgan fingerprint density at radius 3 is 2.37 bits per heavy atom. The third kappa shape index (κ3) is 5.27. The number of fused-ring (bicyclic) bond motifs is 2. The van der Waals surface area contributed by atoms with Crippen molar-refractivity contribution in [3.05, 3.63) is 94.9 Å². The fourth-order valence-electron chi connectivity index (χ4n) is 4.35. The summed E-state index contributed by atoms with van der Waals surface area (Å²) in [5.74, 6) is 0.154. The van der Waals surface area contributed by atoms with E-state index in [2.05, 4.69) is 5.32 Å². The topological polar surface area (TPSA) is 83.5 Å². The van der Waals surface area contributed by atoms with Crippen LogP contribution in [0.25, 0.3) is 0 Å². The molecule has 2 aliphatic rings. The number of aliphatic imine (C=N–C) groups is 1. The van der Waals surface area contributed by atoms with Crippen LogP contribution in [-0.2, 0) is 4.79 Å². The highest BCUT2D eigenvalue weighted by Gasteiger charge is 2.36. The molecule has 2 aliphatic heterocycles. The van der Waals surface area contributed by atoms with Crippen molar-refractivity contribution in [1.82, 2.24) is 9.80 Å². The van der Waals surface area contributed by atoms with Gasteiger partial charge in [-0.25, -0.2) is 0 Å². The van der Waals surface area contributed by atoms with Gasteiger partial charge in [-0.15, -0.1) is 0 Å². The van der Waals surface area contributed by atoms with E-state index < -0.39 is 5.92 Å². The molecule has 3 aromatic rings. The molecule has 0 spiro atoms. The Morgan fingerprint density at radius 1 is 0.921 bits per heavy atom. The summed E-state index contributed by atoms with van der Waals surface area (Å²) in [4.78, 5) is 34.7. The first-order valence-electron chi connectivity index (χ1n) is 12.1. The predicted molar refractivity (Wildman–Crippen MR) is 148 cm³/mol. The smallest absolute Gasteiger partial charge is 0.253 e. The van der Waals surface area contributed by atoms with E-state index in [9.17, 15) is 9.59 Å². The number of carbonyl (C=O) groups excluding carboxylic acids is 2. The van der Waals surface area contributed by atoms with Crippen molar-refractivity contribution in [3.8, 4) is 11.5 Å². The number of nitrogens with zero attached hydrogens (tertiary/aromatic N) is 3. The highest BCUT2D eigenvalue weighted by molar-refractivity contribution is 6.31. The van der Waals surface area contributed by atoms with E-state index in [0.29, 0.717) is 51.3 Å². The molecule has 0 saturated heterocycles. The Morgan fingerprint density at radius 2 is 1.63 bits per heavy atom. The van der Waals surface area contributed by atoms with Gasteiger partial charge in [-0.3, -0.25) is 14.6 Å². The number of nitrogens with one attached hydrogen (secondary N) is 1. The van der Waals surface area contributed by atoms with Gasteiger partial charge in [-0.05, 0) is 74.3 Å². The van der Waals surface area contributed by atoms with Gasteiger partial charge < -0.3 is 24.6 Å². The first-order valence-corrected chi connectivity index (χ1v) is 12.5. The van der Waals surface area contributed by atoms with Gasteiger partial charge in [0.05, 0.1) is 11.4 Å². The zero-order valence-corrected chi connectivity index (χ0v) is 22.0. The lowest BCUT2D eigenvalue weighted by atomic mass is 9.90. The average Bonchev–Trinajstić information content (AvgIpc) is 3.24. The van der Waals surface area contributed by atoms with E-state index in [1.165, 1.54) is 12.5 Å². The van der Waals surface area contributed by atoms with Crippen LogP contribution in [0.1, 0.15) is 27.4 Å². The van der Waals surface area contributed by atoms with Gasteiger partial charge in [-0.1, -0.05) is 17.7 Å². The van der Waals surface area contributed by atoms with Gasteiger partial charge in [0, 0.05) is 42.0 Å². The van der Waals surface area contributed by atoms with Gasteiger partial charge >= 0.3 is 0 Å². The van der Waals surface area contributed by atoms with Gasteiger partial charge in [0.2, 0.25) is 5.91 Å². The number of anilines is 1. The number of hydrogen-bond acceptors (Lipinski definition) is 6. The number of likely N-dealkylation sites (N-methyl/N-ethyl adjacent to an activating group) is 2. The molecule has 5 rings (SSSR count). The molecule has 194 valence electrons. The highest BCUT2D eigenvalue weighted by Crippen LogP contribution is 2.39. The van der Waals surface area contributed by atoms with Gasteiger partial charge in [0.1, 0.15) is 18.4 Å². The second-order valence-electron chi connectivity index (χ2n) is 9.40. The SMILES string of the molecule is CN(C)CCN(C)C(=O)c1ccc(N=C(c2ccc3c(c2)OC=CO3)C2C(=O)Nc3cc(Cl)ccc32)cc1. The summed E-state index contributed by atoms with van der Waals surface area (Å²) in [5.41, 5.74) is 3.85. The van der Waals surface area contributed by atoms with Crippen LogP contribution in [0.3, 0.4) is 0 Å². The van der Waals surface area contributed by atoms with Crippen LogP contribution >= 0.6 is 11.6 Å². The molecule has 1 atom stereocenters. The van der Waals surface area contributed by atoms with Crippen molar-refractivity contribution >= 4 is 40.5 Å². The Labute approximate surface area is 226 Å². The standard InChI is InChI=1S/C29H27ClN4O4/c1-33(2)12-13-34(3)29(36)18-4-8-21(9-5-18)31-27(19-6-11-24-25(16-19)38-15-14-37-24)26-22-10-7-20(30)17-23(22)32-28(26)35/h4-11,14-17,26H,12-13H2,1-3H3,(H,32,35). The molecule has 1 N–H and O–H groups in total. The molecule has 0 aliphatic carbocycles. The molecular weight excluding hydrogens is 504 g/mol. The molecule has 0 radical (unpaired) electrons. The van der Waals surface area contributed by atoms with Crippen molar-refractivity contribution in [2.75, 3.05) is 39.5 Å². The molecular formula is C29H27ClN4O4. The number of amides is 2. The van der Waals surface area contributed by atoms with Gasteiger partial charge in [-0.2, -0.15) is 0 Å². The maximum absolute atomic E-state index is 13.2. The molecule has 9 heteroatoms. The Bertz CT molecular complexity index is 1450. The normalized spacial score (nSPS) is 15.9. The number of ether oxygens (including phenoxy) is 2. The molecule has 0 aromatic heterocycles. The summed E-state index contributed by atoms with van der Waals surface area (Å²) in [7, 11) is 5.73. The van der Waals surface area contributed by atoms with E-state index in [1.807, 2.05) is 31.1 Å². The lowest BCUT2D eigenvalue weighted by molar-refractivity contribution is -0.115. The number of carbonyl (C=O) groups is 2.